The van der Waals surface area contributed by atoms with Crippen LogP contribution in [0.15, 0.2) is 42.0 Å². The summed E-state index contributed by atoms with van der Waals surface area (Å²) in [6.07, 6.45) is 10.7. The van der Waals surface area contributed by atoms with E-state index in [1.807, 2.05) is 0 Å². The summed E-state index contributed by atoms with van der Waals surface area (Å²) in [7, 11) is 0. The first-order chi connectivity index (χ1) is 11.2. The number of fused-ring (bicyclic) bond motifs is 6. The second kappa shape index (κ2) is 4.72. The van der Waals surface area contributed by atoms with E-state index in [2.05, 4.69) is 50.3 Å². The van der Waals surface area contributed by atoms with E-state index in [4.69, 9.17) is 0 Å². The largest absolute Gasteiger partial charge is 0.0850 e. The summed E-state index contributed by atoms with van der Waals surface area (Å²) in [6, 6.07) is 12.2. The number of benzene rings is 2. The summed E-state index contributed by atoms with van der Waals surface area (Å²) in [6.45, 7) is 4.59. The fraction of sp³-hybridized carbons (Fsp3) is 0.478. The number of aryl methyl sites for hydroxylation is 1. The molecule has 23 heavy (non-hydrogen) atoms. The van der Waals surface area contributed by atoms with Crippen LogP contribution in [0.5, 0.6) is 0 Å². The molecule has 1 fully saturated rings. The molecule has 0 N–H and O–H groups in total. The lowest BCUT2D eigenvalue weighted by atomic mass is 9.62. The molecule has 2 aromatic carbocycles. The van der Waals surface area contributed by atoms with Gasteiger partial charge in [-0.1, -0.05) is 55.8 Å². The Bertz CT molecular complexity index is 823. The van der Waals surface area contributed by atoms with Gasteiger partial charge in [0, 0.05) is 5.41 Å². The van der Waals surface area contributed by atoms with Gasteiger partial charge in [-0.2, -0.15) is 0 Å². The summed E-state index contributed by atoms with van der Waals surface area (Å²) in [5.41, 5.74) is 7.07. The lowest BCUT2D eigenvalue weighted by Crippen LogP contribution is -2.35. The molecule has 2 bridgehead atoms. The molecular weight excluding hydrogens is 276 g/mol. The molecule has 0 aromatic heterocycles. The summed E-state index contributed by atoms with van der Waals surface area (Å²) >= 11 is 0. The van der Waals surface area contributed by atoms with Crippen LogP contribution in [0, 0.1) is 5.92 Å². The van der Waals surface area contributed by atoms with Crippen molar-refractivity contribution in [2.24, 2.45) is 5.92 Å². The first-order valence-corrected chi connectivity index (χ1v) is 9.41. The number of rotatable bonds is 1. The minimum Gasteiger partial charge on any atom is -0.0850 e. The quantitative estimate of drug-likeness (QED) is 0.544. The lowest BCUT2D eigenvalue weighted by molar-refractivity contribution is 0.270. The predicted molar refractivity (Wildman–Crippen MR) is 98.1 cm³/mol. The Morgan fingerprint density at radius 2 is 2.00 bits per heavy atom. The Balaban J connectivity index is 1.71. The third-order valence-electron chi connectivity index (χ3n) is 6.88. The van der Waals surface area contributed by atoms with Gasteiger partial charge in [-0.3, -0.25) is 0 Å². The SMILES string of the molecule is CC(C)c1ccc2cc3c(cc2c1)C1(CCC3)CC2=CCC1C2. The smallest absolute Gasteiger partial charge is 0.00274 e. The van der Waals surface area contributed by atoms with Gasteiger partial charge in [0.2, 0.25) is 0 Å². The monoisotopic (exact) mass is 302 g/mol. The fourth-order valence-electron chi connectivity index (χ4n) is 5.64. The Kier molecular flexibility index (Phi) is 2.84. The van der Waals surface area contributed by atoms with Crippen LogP contribution in [0.1, 0.15) is 68.6 Å². The highest BCUT2D eigenvalue weighted by Crippen LogP contribution is 2.59. The van der Waals surface area contributed by atoms with E-state index in [0.29, 0.717) is 11.3 Å². The van der Waals surface area contributed by atoms with Gasteiger partial charge in [-0.05, 0) is 77.8 Å². The van der Waals surface area contributed by atoms with E-state index in [9.17, 15) is 0 Å². The van der Waals surface area contributed by atoms with Crippen molar-refractivity contribution < 1.29 is 0 Å². The van der Waals surface area contributed by atoms with Crippen molar-refractivity contribution in [3.8, 4) is 0 Å². The first kappa shape index (κ1) is 13.8. The summed E-state index contributed by atoms with van der Waals surface area (Å²) in [5.74, 6) is 1.50. The van der Waals surface area contributed by atoms with Crippen LogP contribution in [0.25, 0.3) is 10.8 Å². The normalized spacial score (nSPS) is 28.7. The Labute approximate surface area is 139 Å². The molecule has 0 nitrogen and oxygen atoms in total. The van der Waals surface area contributed by atoms with Crippen LogP contribution in [0.2, 0.25) is 0 Å². The van der Waals surface area contributed by atoms with E-state index >= 15 is 0 Å². The summed E-state index contributed by atoms with van der Waals surface area (Å²) in [4.78, 5) is 0. The zero-order chi connectivity index (χ0) is 15.6. The Morgan fingerprint density at radius 1 is 1.09 bits per heavy atom. The predicted octanol–water partition coefficient (Wildman–Crippen LogP) is 6.28. The van der Waals surface area contributed by atoms with E-state index in [-0.39, 0.29) is 0 Å². The Morgan fingerprint density at radius 3 is 2.74 bits per heavy atom. The minimum absolute atomic E-state index is 0.486. The van der Waals surface area contributed by atoms with Crippen molar-refractivity contribution in [2.45, 2.75) is 63.7 Å². The summed E-state index contributed by atoms with van der Waals surface area (Å²) in [5, 5.41) is 2.90. The zero-order valence-electron chi connectivity index (χ0n) is 14.4. The van der Waals surface area contributed by atoms with Crippen LogP contribution in [0.3, 0.4) is 0 Å². The molecule has 3 aliphatic rings. The van der Waals surface area contributed by atoms with Gasteiger partial charge < -0.3 is 0 Å². The van der Waals surface area contributed by atoms with Crippen molar-refractivity contribution in [2.75, 3.05) is 0 Å². The van der Waals surface area contributed by atoms with Crippen LogP contribution in [0.4, 0.5) is 0 Å². The van der Waals surface area contributed by atoms with Gasteiger partial charge in [0.1, 0.15) is 0 Å². The maximum Gasteiger partial charge on any atom is 0.00274 e. The molecule has 118 valence electrons. The maximum atomic E-state index is 2.58. The number of hydrogen-bond acceptors (Lipinski definition) is 0. The first-order valence-electron chi connectivity index (χ1n) is 9.41. The highest BCUT2D eigenvalue weighted by molar-refractivity contribution is 5.85. The van der Waals surface area contributed by atoms with Gasteiger partial charge >= 0.3 is 0 Å². The molecule has 0 heteroatoms. The molecule has 0 heterocycles. The van der Waals surface area contributed by atoms with Crippen LogP contribution < -0.4 is 0 Å². The van der Waals surface area contributed by atoms with Crippen molar-refractivity contribution in [3.05, 3.63) is 58.7 Å². The third-order valence-corrected chi connectivity index (χ3v) is 6.88. The second-order valence-electron chi connectivity index (χ2n) is 8.46. The van der Waals surface area contributed by atoms with Crippen LogP contribution in [-0.2, 0) is 11.8 Å². The molecule has 5 rings (SSSR count). The van der Waals surface area contributed by atoms with Gasteiger partial charge in [-0.15, -0.1) is 0 Å². The molecule has 0 amide bonds. The topological polar surface area (TPSA) is 0 Å². The molecule has 2 atom stereocenters. The van der Waals surface area contributed by atoms with Crippen molar-refractivity contribution >= 4 is 10.8 Å². The Hall–Kier alpha value is -1.56. The molecule has 1 spiro atoms. The van der Waals surface area contributed by atoms with E-state index in [1.54, 1.807) is 16.7 Å². The standard InChI is InChI=1S/C23H26/c1-15(2)17-6-7-18-12-19-4-3-9-23(22(19)13-20(18)11-17)14-16-5-8-21(23)10-16/h5-7,11-13,15,21H,3-4,8-10,14H2,1-2H3. The minimum atomic E-state index is 0.486. The van der Waals surface area contributed by atoms with Gasteiger partial charge in [-0.25, -0.2) is 0 Å². The highest BCUT2D eigenvalue weighted by Gasteiger charge is 2.49. The average Bonchev–Trinajstić information content (AvgIpc) is 3.14. The number of allylic oxidation sites excluding steroid dienone is 2. The lowest BCUT2D eigenvalue weighted by Gasteiger charge is -2.42. The van der Waals surface area contributed by atoms with Crippen molar-refractivity contribution in [3.63, 3.8) is 0 Å². The molecule has 3 aliphatic carbocycles. The molecule has 0 radical (unpaired) electrons. The van der Waals surface area contributed by atoms with E-state index in [0.717, 1.165) is 5.92 Å². The van der Waals surface area contributed by atoms with Crippen LogP contribution in [-0.4, -0.2) is 0 Å². The molecule has 2 aromatic rings. The van der Waals surface area contributed by atoms with Crippen molar-refractivity contribution in [1.82, 2.24) is 0 Å². The van der Waals surface area contributed by atoms with Crippen LogP contribution >= 0.6 is 0 Å². The zero-order valence-corrected chi connectivity index (χ0v) is 14.4. The average molecular weight is 302 g/mol. The number of hydrogen-bond donors (Lipinski definition) is 0. The highest BCUT2D eigenvalue weighted by atomic mass is 14.5. The van der Waals surface area contributed by atoms with Gasteiger partial charge in [0.15, 0.2) is 0 Å². The molecule has 1 saturated carbocycles. The molecule has 0 saturated heterocycles. The van der Waals surface area contributed by atoms with Gasteiger partial charge in [0.25, 0.3) is 0 Å². The molecule has 2 unspecified atom stereocenters. The maximum absolute atomic E-state index is 2.58. The second-order valence-corrected chi connectivity index (χ2v) is 8.46. The van der Waals surface area contributed by atoms with Crippen molar-refractivity contribution in [1.29, 1.82) is 0 Å². The van der Waals surface area contributed by atoms with E-state index < -0.39 is 0 Å². The van der Waals surface area contributed by atoms with Gasteiger partial charge in [0.05, 0.1) is 0 Å². The summed E-state index contributed by atoms with van der Waals surface area (Å²) < 4.78 is 0. The third kappa shape index (κ3) is 1.90. The van der Waals surface area contributed by atoms with E-state index in [1.165, 1.54) is 54.9 Å². The molecular formula is C23H26. The fourth-order valence-corrected chi connectivity index (χ4v) is 5.64. The molecule has 0 aliphatic heterocycles.